The SMILES string of the molecule is CCC(C(=O)OC(C)(C)C)N1CC(C(O)=S)CC1=O. The highest BCUT2D eigenvalue weighted by atomic mass is 32.1. The van der Waals surface area contributed by atoms with Gasteiger partial charge < -0.3 is 14.7 Å². The maximum atomic E-state index is 12.1. The van der Waals surface area contributed by atoms with Gasteiger partial charge in [-0.1, -0.05) is 6.92 Å². The Morgan fingerprint density at radius 1 is 1.58 bits per heavy atom. The third-order valence-corrected chi connectivity index (χ3v) is 3.28. The molecule has 0 aromatic carbocycles. The summed E-state index contributed by atoms with van der Waals surface area (Å²) in [7, 11) is 0. The van der Waals surface area contributed by atoms with E-state index in [-0.39, 0.29) is 29.8 Å². The number of nitrogens with zero attached hydrogens (tertiary/aromatic N) is 1. The summed E-state index contributed by atoms with van der Waals surface area (Å²) in [6.45, 7) is 7.47. The van der Waals surface area contributed by atoms with E-state index in [2.05, 4.69) is 0 Å². The summed E-state index contributed by atoms with van der Waals surface area (Å²) in [5.41, 5.74) is -0.584. The lowest BCUT2D eigenvalue weighted by molar-refractivity contribution is -0.163. The fourth-order valence-corrected chi connectivity index (χ4v) is 2.24. The minimum absolute atomic E-state index is 0.161. The fourth-order valence-electron chi connectivity index (χ4n) is 2.08. The van der Waals surface area contributed by atoms with E-state index in [1.165, 1.54) is 4.90 Å². The van der Waals surface area contributed by atoms with E-state index in [1.54, 1.807) is 20.8 Å². The van der Waals surface area contributed by atoms with Crippen LogP contribution in [0, 0.1) is 5.92 Å². The molecule has 0 saturated carbocycles. The third kappa shape index (κ3) is 4.16. The Kier molecular flexibility index (Phi) is 4.90. The number of aliphatic hydroxyl groups excluding tert-OH is 1. The number of hydrogen-bond donors (Lipinski definition) is 1. The molecule has 1 fully saturated rings. The van der Waals surface area contributed by atoms with Gasteiger partial charge in [-0.2, -0.15) is 0 Å². The summed E-state index contributed by atoms with van der Waals surface area (Å²) in [4.78, 5) is 25.5. The normalized spacial score (nSPS) is 21.4. The highest BCUT2D eigenvalue weighted by molar-refractivity contribution is 7.80. The Morgan fingerprint density at radius 2 is 2.16 bits per heavy atom. The number of thiocarbonyl (C=S) groups is 1. The number of aliphatic hydroxyl groups is 1. The third-order valence-electron chi connectivity index (χ3n) is 2.95. The summed E-state index contributed by atoms with van der Waals surface area (Å²) >= 11 is 4.70. The van der Waals surface area contributed by atoms with Crippen LogP contribution >= 0.6 is 12.2 Å². The molecule has 1 amide bonds. The zero-order valence-corrected chi connectivity index (χ0v) is 12.6. The monoisotopic (exact) mass is 287 g/mol. The summed E-state index contributed by atoms with van der Waals surface area (Å²) in [6, 6.07) is -0.605. The average molecular weight is 287 g/mol. The molecule has 19 heavy (non-hydrogen) atoms. The number of hydrogen-bond acceptors (Lipinski definition) is 4. The molecule has 0 aliphatic carbocycles. The molecule has 0 aromatic heterocycles. The van der Waals surface area contributed by atoms with Crippen LogP contribution in [0.4, 0.5) is 0 Å². The number of rotatable bonds is 4. The molecule has 108 valence electrons. The highest BCUT2D eigenvalue weighted by Crippen LogP contribution is 2.24. The first kappa shape index (κ1) is 15.9. The van der Waals surface area contributed by atoms with Crippen LogP contribution in [0.25, 0.3) is 0 Å². The standard InChI is InChI=1S/C13H21NO4S/c1-5-9(11(16)18-13(2,3)4)14-7-8(12(17)19)6-10(14)15/h8-9H,5-7H2,1-4H3,(H,17,19). The van der Waals surface area contributed by atoms with Crippen molar-refractivity contribution in [3.63, 3.8) is 0 Å². The molecule has 0 bridgehead atoms. The van der Waals surface area contributed by atoms with Gasteiger partial charge in [-0.3, -0.25) is 4.79 Å². The molecule has 0 aromatic rings. The number of amides is 1. The first-order valence-corrected chi connectivity index (χ1v) is 6.81. The molecule has 0 radical (unpaired) electrons. The molecular formula is C13H21NO4S. The molecule has 6 heteroatoms. The summed E-state index contributed by atoms with van der Waals surface area (Å²) in [5, 5.41) is 9.13. The van der Waals surface area contributed by atoms with Crippen LogP contribution in [0.5, 0.6) is 0 Å². The van der Waals surface area contributed by atoms with Crippen LogP contribution in [-0.2, 0) is 14.3 Å². The second kappa shape index (κ2) is 5.86. The Labute approximate surface area is 118 Å². The van der Waals surface area contributed by atoms with E-state index < -0.39 is 17.6 Å². The van der Waals surface area contributed by atoms with Crippen molar-refractivity contribution >= 4 is 29.1 Å². The van der Waals surface area contributed by atoms with Crippen molar-refractivity contribution in [1.82, 2.24) is 4.90 Å². The second-order valence-corrected chi connectivity index (χ2v) is 6.16. The molecule has 0 spiro atoms. The van der Waals surface area contributed by atoms with Gasteiger partial charge >= 0.3 is 5.97 Å². The number of esters is 1. The van der Waals surface area contributed by atoms with Crippen LogP contribution in [-0.4, -0.2) is 45.1 Å². The van der Waals surface area contributed by atoms with Gasteiger partial charge in [0.05, 0.1) is 5.92 Å². The molecule has 2 atom stereocenters. The molecule has 1 aliphatic heterocycles. The zero-order chi connectivity index (χ0) is 14.8. The topological polar surface area (TPSA) is 66.8 Å². The Morgan fingerprint density at radius 3 is 2.53 bits per heavy atom. The van der Waals surface area contributed by atoms with E-state index >= 15 is 0 Å². The first-order chi connectivity index (χ1) is 8.65. The van der Waals surface area contributed by atoms with E-state index in [4.69, 9.17) is 17.0 Å². The maximum Gasteiger partial charge on any atom is 0.329 e. The number of carbonyl (C=O) groups is 2. The van der Waals surface area contributed by atoms with E-state index in [0.717, 1.165) is 0 Å². The predicted octanol–water partition coefficient (Wildman–Crippen LogP) is 1.84. The van der Waals surface area contributed by atoms with Gasteiger partial charge in [-0.25, -0.2) is 4.79 Å². The molecule has 1 N–H and O–H groups in total. The summed E-state index contributed by atoms with van der Waals surface area (Å²) < 4.78 is 5.32. The van der Waals surface area contributed by atoms with Gasteiger partial charge in [-0.05, 0) is 39.4 Å². The lowest BCUT2D eigenvalue weighted by Crippen LogP contribution is -2.45. The molecular weight excluding hydrogens is 266 g/mol. The van der Waals surface area contributed by atoms with E-state index in [1.807, 2.05) is 6.92 Å². The van der Waals surface area contributed by atoms with Crippen molar-refractivity contribution in [2.24, 2.45) is 5.92 Å². The maximum absolute atomic E-state index is 12.1. The minimum atomic E-state index is -0.605. The van der Waals surface area contributed by atoms with Crippen molar-refractivity contribution in [1.29, 1.82) is 0 Å². The van der Waals surface area contributed by atoms with Gasteiger partial charge in [0.25, 0.3) is 0 Å². The minimum Gasteiger partial charge on any atom is -0.502 e. The largest absolute Gasteiger partial charge is 0.502 e. The lowest BCUT2D eigenvalue weighted by atomic mass is 10.1. The molecule has 2 unspecified atom stereocenters. The van der Waals surface area contributed by atoms with Gasteiger partial charge in [0.15, 0.2) is 5.05 Å². The van der Waals surface area contributed by atoms with Crippen LogP contribution in [0.2, 0.25) is 0 Å². The molecule has 1 saturated heterocycles. The highest BCUT2D eigenvalue weighted by Gasteiger charge is 2.39. The summed E-state index contributed by atoms with van der Waals surface area (Å²) in [6.07, 6.45) is 0.639. The Hall–Kier alpha value is -1.17. The first-order valence-electron chi connectivity index (χ1n) is 6.41. The zero-order valence-electron chi connectivity index (χ0n) is 11.8. The quantitative estimate of drug-likeness (QED) is 0.631. The fraction of sp³-hybridized carbons (Fsp3) is 0.769. The summed E-state index contributed by atoms with van der Waals surface area (Å²) in [5.74, 6) is -0.939. The number of likely N-dealkylation sites (tertiary alicyclic amines) is 1. The van der Waals surface area contributed by atoms with Crippen molar-refractivity contribution in [2.45, 2.75) is 52.2 Å². The number of carbonyl (C=O) groups excluding carboxylic acids is 2. The lowest BCUT2D eigenvalue weighted by Gasteiger charge is -2.29. The van der Waals surface area contributed by atoms with Crippen molar-refractivity contribution in [2.75, 3.05) is 6.54 Å². The van der Waals surface area contributed by atoms with Gasteiger partial charge in [0.2, 0.25) is 5.91 Å². The van der Waals surface area contributed by atoms with Crippen molar-refractivity contribution in [3.8, 4) is 0 Å². The molecule has 1 heterocycles. The number of ether oxygens (including phenoxy) is 1. The van der Waals surface area contributed by atoms with Gasteiger partial charge in [0.1, 0.15) is 11.6 Å². The molecule has 5 nitrogen and oxygen atoms in total. The van der Waals surface area contributed by atoms with E-state index in [0.29, 0.717) is 6.42 Å². The molecule has 1 rings (SSSR count). The van der Waals surface area contributed by atoms with E-state index in [9.17, 15) is 14.7 Å². The average Bonchev–Trinajstić information content (AvgIpc) is 2.59. The van der Waals surface area contributed by atoms with Crippen LogP contribution in [0.15, 0.2) is 0 Å². The molecule has 1 aliphatic rings. The van der Waals surface area contributed by atoms with Crippen LogP contribution in [0.3, 0.4) is 0 Å². The van der Waals surface area contributed by atoms with Crippen LogP contribution < -0.4 is 0 Å². The Bertz CT molecular complexity index is 389. The van der Waals surface area contributed by atoms with Crippen molar-refractivity contribution < 1.29 is 19.4 Å². The van der Waals surface area contributed by atoms with Crippen molar-refractivity contribution in [3.05, 3.63) is 0 Å². The van der Waals surface area contributed by atoms with Gasteiger partial charge in [-0.15, -0.1) is 0 Å². The Balaban J connectivity index is 2.78. The second-order valence-electron chi connectivity index (χ2n) is 5.74. The smallest absolute Gasteiger partial charge is 0.329 e. The van der Waals surface area contributed by atoms with Gasteiger partial charge in [0, 0.05) is 13.0 Å². The van der Waals surface area contributed by atoms with Crippen LogP contribution in [0.1, 0.15) is 40.5 Å². The predicted molar refractivity (Wildman–Crippen MR) is 75.0 cm³/mol.